The highest BCUT2D eigenvalue weighted by Gasteiger charge is 2.22. The van der Waals surface area contributed by atoms with E-state index in [0.29, 0.717) is 6.42 Å². The van der Waals surface area contributed by atoms with Gasteiger partial charge in [0, 0.05) is 0 Å². The summed E-state index contributed by atoms with van der Waals surface area (Å²) in [6.07, 6.45) is 0.413. The van der Waals surface area contributed by atoms with Crippen LogP contribution in [0, 0.1) is 6.92 Å². The maximum Gasteiger partial charge on any atom is 0.225 e. The number of hydrogen-bond donors (Lipinski definition) is 1. The van der Waals surface area contributed by atoms with Crippen LogP contribution in [0.3, 0.4) is 0 Å². The number of carbonyl (C=O) groups is 1. The van der Waals surface area contributed by atoms with Crippen molar-refractivity contribution in [3.63, 3.8) is 0 Å². The molecule has 104 valence electrons. The van der Waals surface area contributed by atoms with Crippen LogP contribution in [0.1, 0.15) is 30.5 Å². The van der Waals surface area contributed by atoms with Gasteiger partial charge in [0.2, 0.25) is 5.91 Å². The van der Waals surface area contributed by atoms with Crippen molar-refractivity contribution >= 4 is 5.91 Å². The molecule has 0 radical (unpaired) electrons. The van der Waals surface area contributed by atoms with Gasteiger partial charge in [-0.05, 0) is 31.9 Å². The molecule has 0 saturated carbocycles. The molecule has 0 bridgehead atoms. The molecular weight excluding hydrogens is 246 g/mol. The van der Waals surface area contributed by atoms with Crippen LogP contribution in [0.2, 0.25) is 0 Å². The van der Waals surface area contributed by atoms with Crippen molar-refractivity contribution in [2.24, 2.45) is 0 Å². The zero-order chi connectivity index (χ0) is 14.6. The second-order valence-electron chi connectivity index (χ2n) is 5.71. The monoisotopic (exact) mass is 267 g/mol. The molecule has 2 rings (SSSR count). The first-order valence-electron chi connectivity index (χ1n) is 6.89. The van der Waals surface area contributed by atoms with Crippen LogP contribution in [-0.4, -0.2) is 5.91 Å². The number of aryl methyl sites for hydroxylation is 1. The highest BCUT2D eigenvalue weighted by Crippen LogP contribution is 2.21. The van der Waals surface area contributed by atoms with Gasteiger partial charge in [-0.2, -0.15) is 0 Å². The minimum absolute atomic E-state index is 0.0442. The fourth-order valence-corrected chi connectivity index (χ4v) is 2.28. The van der Waals surface area contributed by atoms with E-state index in [1.165, 1.54) is 5.56 Å². The van der Waals surface area contributed by atoms with Crippen molar-refractivity contribution in [3.05, 3.63) is 71.3 Å². The second kappa shape index (κ2) is 5.91. The van der Waals surface area contributed by atoms with E-state index in [1.807, 2.05) is 50.2 Å². The molecule has 1 amide bonds. The minimum atomic E-state index is -0.363. The van der Waals surface area contributed by atoms with Crippen LogP contribution in [0.5, 0.6) is 0 Å². The van der Waals surface area contributed by atoms with E-state index in [4.69, 9.17) is 0 Å². The molecular formula is C18H21NO. The van der Waals surface area contributed by atoms with Crippen LogP contribution in [0.15, 0.2) is 54.6 Å². The average Bonchev–Trinajstić information content (AvgIpc) is 2.39. The van der Waals surface area contributed by atoms with Gasteiger partial charge in [-0.3, -0.25) is 4.79 Å². The Balaban J connectivity index is 2.06. The summed E-state index contributed by atoms with van der Waals surface area (Å²) in [5.74, 6) is 0.0442. The van der Waals surface area contributed by atoms with Crippen molar-refractivity contribution in [3.8, 4) is 0 Å². The molecule has 0 aromatic heterocycles. The Bertz CT molecular complexity index is 587. The van der Waals surface area contributed by atoms with Gasteiger partial charge < -0.3 is 5.32 Å². The molecule has 0 saturated heterocycles. The summed E-state index contributed by atoms with van der Waals surface area (Å²) in [5, 5.41) is 3.11. The smallest absolute Gasteiger partial charge is 0.225 e. The summed E-state index contributed by atoms with van der Waals surface area (Å²) < 4.78 is 0. The lowest BCUT2D eigenvalue weighted by atomic mass is 9.92. The Labute approximate surface area is 120 Å². The van der Waals surface area contributed by atoms with E-state index in [9.17, 15) is 4.79 Å². The van der Waals surface area contributed by atoms with Crippen LogP contribution < -0.4 is 5.32 Å². The van der Waals surface area contributed by atoms with Crippen molar-refractivity contribution in [2.45, 2.75) is 32.7 Å². The maximum atomic E-state index is 12.2. The van der Waals surface area contributed by atoms with E-state index in [-0.39, 0.29) is 11.4 Å². The van der Waals surface area contributed by atoms with Crippen molar-refractivity contribution in [1.29, 1.82) is 0 Å². The lowest BCUT2D eigenvalue weighted by molar-refractivity contribution is -0.122. The first kappa shape index (κ1) is 14.3. The molecule has 0 heterocycles. The summed E-state index contributed by atoms with van der Waals surface area (Å²) in [7, 11) is 0. The summed E-state index contributed by atoms with van der Waals surface area (Å²) >= 11 is 0. The second-order valence-corrected chi connectivity index (χ2v) is 5.71. The number of rotatable bonds is 4. The lowest BCUT2D eigenvalue weighted by Crippen LogP contribution is -2.41. The van der Waals surface area contributed by atoms with Crippen LogP contribution in [-0.2, 0) is 16.8 Å². The third-order valence-electron chi connectivity index (χ3n) is 3.40. The molecule has 1 N–H and O–H groups in total. The Morgan fingerprint density at radius 2 is 1.75 bits per heavy atom. The predicted molar refractivity (Wildman–Crippen MR) is 82.5 cm³/mol. The molecule has 0 aliphatic rings. The van der Waals surface area contributed by atoms with Gasteiger partial charge in [0.15, 0.2) is 0 Å². The van der Waals surface area contributed by atoms with Crippen LogP contribution in [0.25, 0.3) is 0 Å². The van der Waals surface area contributed by atoms with E-state index < -0.39 is 0 Å². The molecule has 0 aliphatic carbocycles. The number of nitrogens with one attached hydrogen (secondary N) is 1. The maximum absolute atomic E-state index is 12.2. The van der Waals surface area contributed by atoms with E-state index in [2.05, 4.69) is 30.4 Å². The Morgan fingerprint density at radius 3 is 2.40 bits per heavy atom. The molecule has 0 unspecified atom stereocenters. The molecule has 0 aliphatic heterocycles. The number of amides is 1. The topological polar surface area (TPSA) is 29.1 Å². The number of carbonyl (C=O) groups excluding carboxylic acids is 1. The molecule has 2 heteroatoms. The highest BCUT2D eigenvalue weighted by atomic mass is 16.1. The SMILES string of the molecule is Cc1cccc(C(C)(C)NC(=O)Cc2ccccc2)c1. The van der Waals surface area contributed by atoms with Crippen molar-refractivity contribution in [2.75, 3.05) is 0 Å². The molecule has 2 nitrogen and oxygen atoms in total. The van der Waals surface area contributed by atoms with Gasteiger partial charge in [-0.25, -0.2) is 0 Å². The van der Waals surface area contributed by atoms with Gasteiger partial charge in [-0.1, -0.05) is 60.2 Å². The largest absolute Gasteiger partial charge is 0.347 e. The van der Waals surface area contributed by atoms with E-state index >= 15 is 0 Å². The minimum Gasteiger partial charge on any atom is -0.347 e. The molecule has 0 atom stereocenters. The summed E-state index contributed by atoms with van der Waals surface area (Å²) in [5.41, 5.74) is 2.99. The lowest BCUT2D eigenvalue weighted by Gasteiger charge is -2.27. The Morgan fingerprint density at radius 1 is 1.05 bits per heavy atom. The van der Waals surface area contributed by atoms with E-state index in [0.717, 1.165) is 11.1 Å². The van der Waals surface area contributed by atoms with Gasteiger partial charge in [0.05, 0.1) is 12.0 Å². The summed E-state index contributed by atoms with van der Waals surface area (Å²) in [6, 6.07) is 18.1. The highest BCUT2D eigenvalue weighted by molar-refractivity contribution is 5.79. The molecule has 0 fully saturated rings. The fraction of sp³-hybridized carbons (Fsp3) is 0.278. The Hall–Kier alpha value is -2.09. The zero-order valence-electron chi connectivity index (χ0n) is 12.3. The third-order valence-corrected chi connectivity index (χ3v) is 3.40. The van der Waals surface area contributed by atoms with Crippen LogP contribution >= 0.6 is 0 Å². The summed E-state index contributed by atoms with van der Waals surface area (Å²) in [4.78, 5) is 12.2. The van der Waals surface area contributed by atoms with E-state index in [1.54, 1.807) is 0 Å². The first-order valence-corrected chi connectivity index (χ1v) is 6.89. The fourth-order valence-electron chi connectivity index (χ4n) is 2.28. The molecule has 0 spiro atoms. The normalized spacial score (nSPS) is 11.2. The van der Waals surface area contributed by atoms with Crippen molar-refractivity contribution < 1.29 is 4.79 Å². The first-order chi connectivity index (χ1) is 9.47. The molecule has 2 aromatic carbocycles. The van der Waals surface area contributed by atoms with Gasteiger partial charge in [0.1, 0.15) is 0 Å². The van der Waals surface area contributed by atoms with Gasteiger partial charge >= 0.3 is 0 Å². The third kappa shape index (κ3) is 3.70. The zero-order valence-corrected chi connectivity index (χ0v) is 12.3. The number of hydrogen-bond acceptors (Lipinski definition) is 1. The van der Waals surface area contributed by atoms with Crippen LogP contribution in [0.4, 0.5) is 0 Å². The summed E-state index contributed by atoms with van der Waals surface area (Å²) in [6.45, 7) is 6.13. The quantitative estimate of drug-likeness (QED) is 0.901. The van der Waals surface area contributed by atoms with Gasteiger partial charge in [0.25, 0.3) is 0 Å². The van der Waals surface area contributed by atoms with Crippen molar-refractivity contribution in [1.82, 2.24) is 5.32 Å². The van der Waals surface area contributed by atoms with Gasteiger partial charge in [-0.15, -0.1) is 0 Å². The molecule has 20 heavy (non-hydrogen) atoms. The number of benzene rings is 2. The standard InChI is InChI=1S/C18H21NO/c1-14-8-7-11-16(12-14)18(2,3)19-17(20)13-15-9-5-4-6-10-15/h4-12H,13H2,1-3H3,(H,19,20). The molecule has 2 aromatic rings. The average molecular weight is 267 g/mol. The Kier molecular flexibility index (Phi) is 4.23. The predicted octanol–water partition coefficient (Wildman–Crippen LogP) is 3.59.